The number of para-hydroxylation sites is 2. The molecule has 2 aromatic carbocycles. The number of ether oxygens (including phenoxy) is 1. The summed E-state index contributed by atoms with van der Waals surface area (Å²) in [5.74, 6) is 0.962. The Bertz CT molecular complexity index is 1400. The molecule has 5 nitrogen and oxygen atoms in total. The van der Waals surface area contributed by atoms with Crippen molar-refractivity contribution in [1.82, 2.24) is 9.55 Å². The van der Waals surface area contributed by atoms with Gasteiger partial charge in [-0.3, -0.25) is 0 Å². The number of hydrogen-bond donors (Lipinski definition) is 0. The quantitative estimate of drug-likeness (QED) is 0.380. The lowest BCUT2D eigenvalue weighted by molar-refractivity contribution is 0.326. The van der Waals surface area contributed by atoms with Crippen molar-refractivity contribution in [2.24, 2.45) is 7.05 Å². The predicted molar refractivity (Wildman–Crippen MR) is 117 cm³/mol. The molecule has 146 valence electrons. The van der Waals surface area contributed by atoms with Gasteiger partial charge in [0.2, 0.25) is 5.88 Å². The Labute approximate surface area is 173 Å². The first-order valence-corrected chi connectivity index (χ1v) is 9.81. The van der Waals surface area contributed by atoms with E-state index in [2.05, 4.69) is 27.8 Å². The number of aromatic nitrogens is 2. The fourth-order valence-electron chi connectivity index (χ4n) is 3.87. The highest BCUT2D eigenvalue weighted by Crippen LogP contribution is 2.38. The van der Waals surface area contributed by atoms with Crippen LogP contribution in [0.25, 0.3) is 44.5 Å². The lowest BCUT2D eigenvalue weighted by Crippen LogP contribution is -2.00. The van der Waals surface area contributed by atoms with Gasteiger partial charge in [0, 0.05) is 40.7 Å². The van der Waals surface area contributed by atoms with Gasteiger partial charge in [0.15, 0.2) is 5.76 Å². The van der Waals surface area contributed by atoms with Gasteiger partial charge < -0.3 is 13.7 Å². The maximum Gasteiger partial charge on any atom is 0.232 e. The molecule has 0 saturated heterocycles. The average Bonchev–Trinajstić information content (AvgIpc) is 3.35. The van der Waals surface area contributed by atoms with Crippen molar-refractivity contribution < 1.29 is 9.15 Å². The molecule has 0 unspecified atom stereocenters. The minimum absolute atomic E-state index is 0.320. The van der Waals surface area contributed by atoms with Crippen molar-refractivity contribution in [2.45, 2.75) is 6.92 Å². The van der Waals surface area contributed by atoms with Crippen molar-refractivity contribution in [1.29, 1.82) is 5.26 Å². The highest BCUT2D eigenvalue weighted by atomic mass is 16.5. The van der Waals surface area contributed by atoms with E-state index < -0.39 is 0 Å². The molecule has 0 aliphatic carbocycles. The maximum absolute atomic E-state index is 9.94. The van der Waals surface area contributed by atoms with Crippen LogP contribution in [0.15, 0.2) is 71.3 Å². The van der Waals surface area contributed by atoms with Gasteiger partial charge in [-0.15, -0.1) is 0 Å². The molecule has 0 aliphatic rings. The van der Waals surface area contributed by atoms with Crippen molar-refractivity contribution in [2.75, 3.05) is 6.61 Å². The Morgan fingerprint density at radius 2 is 1.87 bits per heavy atom. The number of hydrogen-bond acceptors (Lipinski definition) is 4. The van der Waals surface area contributed by atoms with Gasteiger partial charge >= 0.3 is 0 Å². The summed E-state index contributed by atoms with van der Waals surface area (Å²) >= 11 is 0. The Balaban J connectivity index is 1.80. The summed E-state index contributed by atoms with van der Waals surface area (Å²) < 4.78 is 13.9. The normalized spacial score (nSPS) is 11.1. The molecule has 0 atom stereocenters. The second-order valence-corrected chi connectivity index (χ2v) is 7.10. The third-order valence-corrected chi connectivity index (χ3v) is 5.24. The zero-order valence-corrected chi connectivity index (χ0v) is 16.7. The molecule has 0 bridgehead atoms. The molecule has 3 aromatic heterocycles. The van der Waals surface area contributed by atoms with E-state index in [1.54, 1.807) is 0 Å². The molecule has 5 aromatic rings. The number of nitriles is 1. The van der Waals surface area contributed by atoms with Crippen LogP contribution in [0.5, 0.6) is 5.88 Å². The molecule has 30 heavy (non-hydrogen) atoms. The third-order valence-electron chi connectivity index (χ3n) is 5.24. The first kappa shape index (κ1) is 18.0. The summed E-state index contributed by atoms with van der Waals surface area (Å²) in [5, 5.41) is 12.0. The minimum atomic E-state index is 0.320. The first-order valence-electron chi connectivity index (χ1n) is 9.81. The van der Waals surface area contributed by atoms with Crippen LogP contribution in [-0.2, 0) is 7.05 Å². The first-order chi connectivity index (χ1) is 14.7. The Morgan fingerprint density at radius 3 is 2.67 bits per heavy atom. The van der Waals surface area contributed by atoms with Gasteiger partial charge in [-0.1, -0.05) is 36.4 Å². The summed E-state index contributed by atoms with van der Waals surface area (Å²) in [7, 11) is 2.00. The SMILES string of the molecule is CCOc1nc(-c2cc3ccccc3o2)cc(-c2cn(C)c3ccccc23)c1C#N. The van der Waals surface area contributed by atoms with Crippen LogP contribution < -0.4 is 4.74 Å². The molecule has 0 fully saturated rings. The van der Waals surface area contributed by atoms with E-state index in [-0.39, 0.29) is 0 Å². The standard InChI is InChI=1S/C25H19N3O2/c1-3-29-25-19(14-26)18(20-15-28(2)22-10-6-5-9-17(20)22)13-21(27-25)24-12-16-8-4-7-11-23(16)30-24/h4-13,15H,3H2,1-2H3. The average molecular weight is 393 g/mol. The Morgan fingerprint density at radius 1 is 1.07 bits per heavy atom. The third kappa shape index (κ3) is 2.82. The van der Waals surface area contributed by atoms with Gasteiger partial charge in [-0.25, -0.2) is 4.98 Å². The zero-order valence-electron chi connectivity index (χ0n) is 16.7. The fraction of sp³-hybridized carbons (Fsp3) is 0.120. The molecule has 0 saturated carbocycles. The molecule has 3 heterocycles. The molecule has 5 heteroatoms. The largest absolute Gasteiger partial charge is 0.477 e. The summed E-state index contributed by atoms with van der Waals surface area (Å²) in [5.41, 5.74) is 4.69. The van der Waals surface area contributed by atoms with Gasteiger partial charge in [-0.05, 0) is 31.2 Å². The van der Waals surface area contributed by atoms with Crippen LogP contribution in [-0.4, -0.2) is 16.2 Å². The zero-order chi connectivity index (χ0) is 20.7. The van der Waals surface area contributed by atoms with Crippen LogP contribution in [0.1, 0.15) is 12.5 Å². The van der Waals surface area contributed by atoms with E-state index in [1.807, 2.05) is 68.7 Å². The number of aryl methyl sites for hydroxylation is 1. The van der Waals surface area contributed by atoms with Crippen molar-refractivity contribution >= 4 is 21.9 Å². The van der Waals surface area contributed by atoms with Gasteiger partial charge in [-0.2, -0.15) is 5.26 Å². The van der Waals surface area contributed by atoms with E-state index >= 15 is 0 Å². The second-order valence-electron chi connectivity index (χ2n) is 7.10. The molecule has 0 N–H and O–H groups in total. The highest BCUT2D eigenvalue weighted by molar-refractivity contribution is 5.98. The van der Waals surface area contributed by atoms with Gasteiger partial charge in [0.1, 0.15) is 22.9 Å². The number of pyridine rings is 1. The van der Waals surface area contributed by atoms with Gasteiger partial charge in [0.05, 0.1) is 6.61 Å². The van der Waals surface area contributed by atoms with E-state index in [9.17, 15) is 5.26 Å². The van der Waals surface area contributed by atoms with Gasteiger partial charge in [0.25, 0.3) is 0 Å². The molecular weight excluding hydrogens is 374 g/mol. The number of benzene rings is 2. The Kier molecular flexibility index (Phi) is 4.26. The topological polar surface area (TPSA) is 64.0 Å². The van der Waals surface area contributed by atoms with E-state index in [1.165, 1.54) is 0 Å². The molecule has 0 radical (unpaired) electrons. The number of furan rings is 1. The Hall–Kier alpha value is -4.04. The summed E-state index contributed by atoms with van der Waals surface area (Å²) in [4.78, 5) is 4.63. The van der Waals surface area contributed by atoms with Crippen LogP contribution in [0.2, 0.25) is 0 Å². The fourth-order valence-corrected chi connectivity index (χ4v) is 3.87. The maximum atomic E-state index is 9.94. The smallest absolute Gasteiger partial charge is 0.232 e. The van der Waals surface area contributed by atoms with Crippen LogP contribution >= 0.6 is 0 Å². The van der Waals surface area contributed by atoms with Crippen molar-refractivity contribution in [3.05, 3.63) is 72.4 Å². The molecular formula is C25H19N3O2. The van der Waals surface area contributed by atoms with Crippen LogP contribution in [0.3, 0.4) is 0 Å². The van der Waals surface area contributed by atoms with Crippen LogP contribution in [0.4, 0.5) is 0 Å². The summed E-state index contributed by atoms with van der Waals surface area (Å²) in [6.07, 6.45) is 2.04. The number of fused-ring (bicyclic) bond motifs is 2. The number of rotatable bonds is 4. The van der Waals surface area contributed by atoms with E-state index in [0.29, 0.717) is 29.5 Å². The van der Waals surface area contributed by atoms with Crippen molar-refractivity contribution in [3.8, 4) is 34.5 Å². The number of nitrogens with zero attached hydrogens (tertiary/aromatic N) is 3. The summed E-state index contributed by atoms with van der Waals surface area (Å²) in [6.45, 7) is 2.30. The lowest BCUT2D eigenvalue weighted by Gasteiger charge is -2.11. The predicted octanol–water partition coefficient (Wildman–Crippen LogP) is 5.92. The van der Waals surface area contributed by atoms with Crippen molar-refractivity contribution in [3.63, 3.8) is 0 Å². The molecule has 0 spiro atoms. The lowest BCUT2D eigenvalue weighted by atomic mass is 9.99. The molecule has 5 rings (SSSR count). The molecule has 0 amide bonds. The monoisotopic (exact) mass is 393 g/mol. The summed E-state index contributed by atoms with van der Waals surface area (Å²) in [6, 6.07) is 22.2. The van der Waals surface area contributed by atoms with E-state index in [4.69, 9.17) is 9.15 Å². The molecule has 0 aliphatic heterocycles. The second kappa shape index (κ2) is 7.09. The van der Waals surface area contributed by atoms with Crippen LogP contribution in [0, 0.1) is 11.3 Å². The van der Waals surface area contributed by atoms with E-state index in [0.717, 1.165) is 33.0 Å². The minimum Gasteiger partial charge on any atom is -0.477 e. The highest BCUT2D eigenvalue weighted by Gasteiger charge is 2.20.